The van der Waals surface area contributed by atoms with Gasteiger partial charge in [-0.2, -0.15) is 9.30 Å². The van der Waals surface area contributed by atoms with Crippen molar-refractivity contribution in [2.24, 2.45) is 10.4 Å². The fourth-order valence-electron chi connectivity index (χ4n) is 1.69. The SMILES string of the molecule is CC(C)(C)CS(=O)(=O)N1CCOCC1N=C=O. The van der Waals surface area contributed by atoms with Crippen LogP contribution >= 0.6 is 0 Å². The summed E-state index contributed by atoms with van der Waals surface area (Å²) in [5.74, 6) is 0.0187. The Morgan fingerprint density at radius 3 is 2.65 bits per heavy atom. The molecule has 1 atom stereocenters. The highest BCUT2D eigenvalue weighted by Gasteiger charge is 2.35. The van der Waals surface area contributed by atoms with Crippen molar-refractivity contribution < 1.29 is 17.9 Å². The van der Waals surface area contributed by atoms with Gasteiger partial charge in [-0.25, -0.2) is 13.2 Å². The third-order valence-corrected chi connectivity index (χ3v) is 4.60. The minimum atomic E-state index is -3.43. The molecule has 1 heterocycles. The van der Waals surface area contributed by atoms with Crippen LogP contribution in [0, 0.1) is 5.41 Å². The number of ether oxygens (including phenoxy) is 1. The lowest BCUT2D eigenvalue weighted by atomic mass is 10.0. The molecule has 0 aliphatic carbocycles. The first kappa shape index (κ1) is 14.3. The third kappa shape index (κ3) is 4.20. The van der Waals surface area contributed by atoms with Gasteiger partial charge in [0.2, 0.25) is 16.1 Å². The largest absolute Gasteiger partial charge is 0.376 e. The normalized spacial score (nSPS) is 23.1. The summed E-state index contributed by atoms with van der Waals surface area (Å²) < 4.78 is 30.7. The molecule has 0 aromatic carbocycles. The Morgan fingerprint density at radius 2 is 2.12 bits per heavy atom. The number of nitrogens with zero attached hydrogens (tertiary/aromatic N) is 2. The summed E-state index contributed by atoms with van der Waals surface area (Å²) in [4.78, 5) is 13.7. The van der Waals surface area contributed by atoms with Gasteiger partial charge in [0.05, 0.1) is 19.0 Å². The summed E-state index contributed by atoms with van der Waals surface area (Å²) in [5.41, 5.74) is -0.341. The molecule has 98 valence electrons. The Morgan fingerprint density at radius 1 is 1.47 bits per heavy atom. The van der Waals surface area contributed by atoms with Crippen LogP contribution in [-0.2, 0) is 19.6 Å². The molecule has 0 aromatic heterocycles. The zero-order valence-corrected chi connectivity index (χ0v) is 11.2. The highest BCUT2D eigenvalue weighted by atomic mass is 32.2. The van der Waals surface area contributed by atoms with Gasteiger partial charge in [0, 0.05) is 6.54 Å². The predicted octanol–water partition coefficient (Wildman–Crippen LogP) is 0.356. The minimum absolute atomic E-state index is 0.0187. The second-order valence-corrected chi connectivity index (χ2v) is 7.13. The Kier molecular flexibility index (Phi) is 4.43. The lowest BCUT2D eigenvalue weighted by Gasteiger charge is -2.33. The zero-order valence-electron chi connectivity index (χ0n) is 10.3. The minimum Gasteiger partial charge on any atom is -0.376 e. The molecule has 1 aliphatic heterocycles. The van der Waals surface area contributed by atoms with Crippen LogP contribution in [0.4, 0.5) is 0 Å². The average molecular weight is 262 g/mol. The molecular weight excluding hydrogens is 244 g/mol. The summed E-state index contributed by atoms with van der Waals surface area (Å²) in [6.07, 6.45) is 0.621. The molecule has 0 bridgehead atoms. The van der Waals surface area contributed by atoms with Crippen molar-refractivity contribution in [1.82, 2.24) is 4.31 Å². The Hall–Kier alpha value is -0.750. The van der Waals surface area contributed by atoms with E-state index in [9.17, 15) is 13.2 Å². The number of isocyanates is 1. The highest BCUT2D eigenvalue weighted by Crippen LogP contribution is 2.22. The first-order valence-electron chi connectivity index (χ1n) is 5.40. The smallest absolute Gasteiger partial charge is 0.236 e. The number of aliphatic imine (C=N–C) groups is 1. The number of carbonyl (C=O) groups excluding carboxylic acids is 1. The number of hydrogen-bond acceptors (Lipinski definition) is 5. The van der Waals surface area contributed by atoms with Gasteiger partial charge in [-0.15, -0.1) is 0 Å². The second-order valence-electron chi connectivity index (χ2n) is 5.20. The van der Waals surface area contributed by atoms with Crippen molar-refractivity contribution >= 4 is 16.1 Å². The number of hydrogen-bond donors (Lipinski definition) is 0. The van der Waals surface area contributed by atoms with Gasteiger partial charge < -0.3 is 4.74 Å². The van der Waals surface area contributed by atoms with E-state index in [2.05, 4.69) is 4.99 Å². The van der Waals surface area contributed by atoms with E-state index in [1.165, 1.54) is 10.4 Å². The van der Waals surface area contributed by atoms with Gasteiger partial charge in [0.25, 0.3) is 0 Å². The molecule has 6 nitrogen and oxygen atoms in total. The molecule has 0 radical (unpaired) electrons. The van der Waals surface area contributed by atoms with Gasteiger partial charge in [0.15, 0.2) is 6.17 Å². The zero-order chi connectivity index (χ0) is 13.1. The van der Waals surface area contributed by atoms with Crippen LogP contribution in [0.1, 0.15) is 20.8 Å². The van der Waals surface area contributed by atoms with E-state index < -0.39 is 16.2 Å². The number of morpholine rings is 1. The van der Waals surface area contributed by atoms with Crippen LogP contribution < -0.4 is 0 Å². The Balaban J connectivity index is 2.91. The van der Waals surface area contributed by atoms with Crippen molar-refractivity contribution in [3.63, 3.8) is 0 Å². The summed E-state index contributed by atoms with van der Waals surface area (Å²) in [7, 11) is -3.43. The standard InChI is InChI=1S/C10H18N2O4S/c1-10(2,3)7-17(14,15)12-4-5-16-6-9(12)11-8-13/h9H,4-7H2,1-3H3. The summed E-state index contributed by atoms with van der Waals surface area (Å²) in [6, 6.07) is 0. The van der Waals surface area contributed by atoms with Crippen molar-refractivity contribution in [1.29, 1.82) is 0 Å². The van der Waals surface area contributed by atoms with Crippen LogP contribution in [0.2, 0.25) is 0 Å². The molecule has 1 unspecified atom stereocenters. The lowest BCUT2D eigenvalue weighted by Crippen LogP contribution is -2.49. The Labute approximate surface area is 102 Å². The first-order valence-corrected chi connectivity index (χ1v) is 7.01. The molecule has 0 N–H and O–H groups in total. The summed E-state index contributed by atoms with van der Waals surface area (Å²) in [6.45, 7) is 6.22. The fourth-order valence-corrected chi connectivity index (χ4v) is 3.78. The molecule has 0 spiro atoms. The van der Waals surface area contributed by atoms with Crippen molar-refractivity contribution in [2.75, 3.05) is 25.5 Å². The predicted molar refractivity (Wildman–Crippen MR) is 62.7 cm³/mol. The van der Waals surface area contributed by atoms with Crippen molar-refractivity contribution in [3.05, 3.63) is 0 Å². The molecule has 0 saturated carbocycles. The van der Waals surface area contributed by atoms with Crippen molar-refractivity contribution in [3.8, 4) is 0 Å². The second kappa shape index (κ2) is 5.27. The van der Waals surface area contributed by atoms with E-state index in [-0.39, 0.29) is 24.3 Å². The molecule has 0 amide bonds. The number of sulfonamides is 1. The lowest BCUT2D eigenvalue weighted by molar-refractivity contribution is 0.0356. The van der Waals surface area contributed by atoms with Gasteiger partial charge in [0.1, 0.15) is 0 Å². The van der Waals surface area contributed by atoms with Gasteiger partial charge in [-0.3, -0.25) is 0 Å². The van der Waals surface area contributed by atoms with Gasteiger partial charge in [-0.05, 0) is 5.41 Å². The number of rotatable bonds is 3. The summed E-state index contributed by atoms with van der Waals surface area (Å²) in [5, 5.41) is 0. The maximum atomic E-state index is 12.2. The fraction of sp³-hybridized carbons (Fsp3) is 0.900. The molecular formula is C10H18N2O4S. The maximum absolute atomic E-state index is 12.2. The maximum Gasteiger partial charge on any atom is 0.236 e. The summed E-state index contributed by atoms with van der Waals surface area (Å²) >= 11 is 0. The van der Waals surface area contributed by atoms with Gasteiger partial charge in [-0.1, -0.05) is 20.8 Å². The van der Waals surface area contributed by atoms with E-state index in [1.807, 2.05) is 20.8 Å². The van der Waals surface area contributed by atoms with Crippen LogP contribution in [0.5, 0.6) is 0 Å². The molecule has 1 fully saturated rings. The molecule has 1 saturated heterocycles. The van der Waals surface area contributed by atoms with Crippen molar-refractivity contribution in [2.45, 2.75) is 26.9 Å². The van der Waals surface area contributed by atoms with E-state index >= 15 is 0 Å². The Bertz CT molecular complexity index is 407. The van der Waals surface area contributed by atoms with Crippen LogP contribution in [-0.4, -0.2) is 50.5 Å². The van der Waals surface area contributed by atoms with Crippen LogP contribution in [0.15, 0.2) is 4.99 Å². The van der Waals surface area contributed by atoms with E-state index in [0.29, 0.717) is 6.61 Å². The molecule has 1 aliphatic rings. The molecule has 0 aromatic rings. The van der Waals surface area contributed by atoms with E-state index in [1.54, 1.807) is 0 Å². The highest BCUT2D eigenvalue weighted by molar-refractivity contribution is 7.89. The van der Waals surface area contributed by atoms with E-state index in [0.717, 1.165) is 0 Å². The first-order chi connectivity index (χ1) is 7.76. The quantitative estimate of drug-likeness (QED) is 0.543. The molecule has 17 heavy (non-hydrogen) atoms. The average Bonchev–Trinajstić information content (AvgIpc) is 2.15. The van der Waals surface area contributed by atoms with Gasteiger partial charge >= 0.3 is 0 Å². The van der Waals surface area contributed by atoms with Crippen LogP contribution in [0.25, 0.3) is 0 Å². The van der Waals surface area contributed by atoms with Crippen LogP contribution in [0.3, 0.4) is 0 Å². The molecule has 7 heteroatoms. The van der Waals surface area contributed by atoms with E-state index in [4.69, 9.17) is 4.74 Å². The monoisotopic (exact) mass is 262 g/mol. The topological polar surface area (TPSA) is 76.0 Å². The third-order valence-electron chi connectivity index (χ3n) is 2.23. The molecule has 1 rings (SSSR count).